The Kier molecular flexibility index (Phi) is 2.08. The maximum absolute atomic E-state index is 10.9. The first-order chi connectivity index (χ1) is 6.54. The zero-order valence-electron chi connectivity index (χ0n) is 6.42. The summed E-state index contributed by atoms with van der Waals surface area (Å²) >= 11 is 0. The van der Waals surface area contributed by atoms with Crippen molar-refractivity contribution >= 4 is 34.6 Å². The Labute approximate surface area is 75.4 Å². The molecule has 8 heteroatoms. The van der Waals surface area contributed by atoms with Gasteiger partial charge in [0.15, 0.2) is 0 Å². The van der Waals surface area contributed by atoms with Crippen molar-refractivity contribution in [1.29, 1.82) is 0 Å². The van der Waals surface area contributed by atoms with Crippen molar-refractivity contribution in [2.75, 3.05) is 0 Å². The maximum Gasteiger partial charge on any atom is 0.417 e. The van der Waals surface area contributed by atoms with E-state index in [1.165, 1.54) is 0 Å². The second kappa shape index (κ2) is 3.06. The highest BCUT2D eigenvalue weighted by atomic mass is 16.2. The molecule has 0 N–H and O–H groups in total. The smallest absolute Gasteiger partial charge is 0.360 e. The zero-order valence-corrected chi connectivity index (χ0v) is 6.42. The molecule has 1 fully saturated rings. The van der Waals surface area contributed by atoms with Crippen LogP contribution in [0.15, 0.2) is 0 Å². The molecular formula is C6N4O4. The van der Waals surface area contributed by atoms with E-state index in [4.69, 9.17) is 11.1 Å². The normalized spacial score (nSPS) is 16.9. The number of hydrogen-bond acceptors (Lipinski definition) is 4. The fraction of sp³-hybridized carbons (Fsp3) is 0. The third kappa shape index (κ3) is 1.04. The predicted octanol–water partition coefficient (Wildman–Crippen LogP) is -2.38. The highest BCUT2D eigenvalue weighted by Gasteiger charge is 2.55. The third-order valence-corrected chi connectivity index (χ3v) is 1.47. The van der Waals surface area contributed by atoms with Crippen molar-refractivity contribution in [3.63, 3.8) is 0 Å². The van der Waals surface area contributed by atoms with E-state index < -0.39 is 34.6 Å². The van der Waals surface area contributed by atoms with Crippen molar-refractivity contribution in [1.82, 2.24) is 0 Å². The molecule has 0 saturated heterocycles. The minimum absolute atomic E-state index is 1.17. The van der Waals surface area contributed by atoms with Gasteiger partial charge in [-0.1, -0.05) is 0 Å². The largest absolute Gasteiger partial charge is 0.417 e. The fourth-order valence-corrected chi connectivity index (χ4v) is 0.818. The Bertz CT molecular complexity index is 412. The lowest BCUT2D eigenvalue weighted by molar-refractivity contribution is -0.142. The molecule has 0 heterocycles. The van der Waals surface area contributed by atoms with Crippen LogP contribution in [-0.4, -0.2) is 44.1 Å². The summed E-state index contributed by atoms with van der Waals surface area (Å²) in [6.07, 6.45) is 0. The van der Waals surface area contributed by atoms with E-state index in [1.54, 1.807) is 0 Å². The Morgan fingerprint density at radius 3 is 1.00 bits per heavy atom. The summed E-state index contributed by atoms with van der Waals surface area (Å²) < 4.78 is 0. The fourth-order valence-electron chi connectivity index (χ4n) is 0.818. The van der Waals surface area contributed by atoms with Crippen LogP contribution >= 0.6 is 0 Å². The molecule has 1 aliphatic carbocycles. The standard InChI is InChI=1S/C6N4O4/c7-9-1-3(11)5(13)2(10-8)6(14)4(1)12. The van der Waals surface area contributed by atoms with Gasteiger partial charge in [0.2, 0.25) is 0 Å². The lowest BCUT2D eigenvalue weighted by Crippen LogP contribution is -2.50. The number of ketones is 4. The summed E-state index contributed by atoms with van der Waals surface area (Å²) in [5.74, 6) is -5.93. The van der Waals surface area contributed by atoms with Crippen LogP contribution in [0.25, 0.3) is 11.1 Å². The highest BCUT2D eigenvalue weighted by Crippen LogP contribution is 1.97. The van der Waals surface area contributed by atoms with E-state index in [1.807, 2.05) is 0 Å². The first kappa shape index (κ1) is 9.53. The molecule has 0 aromatic rings. The van der Waals surface area contributed by atoms with Gasteiger partial charge in [0.05, 0.1) is 0 Å². The van der Waals surface area contributed by atoms with E-state index in [0.29, 0.717) is 0 Å². The van der Waals surface area contributed by atoms with Gasteiger partial charge in [-0.15, -0.1) is 0 Å². The van der Waals surface area contributed by atoms with Crippen molar-refractivity contribution < 1.29 is 28.8 Å². The van der Waals surface area contributed by atoms with Gasteiger partial charge in [-0.25, -0.2) is 0 Å². The molecule has 1 aliphatic rings. The molecule has 0 radical (unpaired) electrons. The van der Waals surface area contributed by atoms with Crippen LogP contribution < -0.4 is 0 Å². The minimum atomic E-state index is -1.48. The molecule has 0 atom stereocenters. The van der Waals surface area contributed by atoms with Gasteiger partial charge in [0.25, 0.3) is 0 Å². The molecule has 68 valence electrons. The highest BCUT2D eigenvalue weighted by molar-refractivity contribution is 7.08. The number of hydrogen-bond donors (Lipinski definition) is 0. The molecule has 0 aromatic heterocycles. The second-order valence-electron chi connectivity index (χ2n) is 2.21. The van der Waals surface area contributed by atoms with E-state index in [0.717, 1.165) is 0 Å². The predicted molar refractivity (Wildman–Crippen MR) is 37.3 cm³/mol. The summed E-state index contributed by atoms with van der Waals surface area (Å²) in [5.41, 5.74) is 14.0. The first-order valence-electron chi connectivity index (χ1n) is 3.16. The van der Waals surface area contributed by atoms with Crippen molar-refractivity contribution in [3.05, 3.63) is 11.1 Å². The van der Waals surface area contributed by atoms with Gasteiger partial charge >= 0.3 is 34.6 Å². The lowest BCUT2D eigenvalue weighted by Gasteiger charge is -1.95. The number of carbonyl (C=O) groups is 4. The van der Waals surface area contributed by atoms with E-state index in [9.17, 15) is 19.2 Å². The Morgan fingerprint density at radius 1 is 0.643 bits per heavy atom. The first-order valence-corrected chi connectivity index (χ1v) is 3.16. The number of rotatable bonds is 0. The molecule has 0 amide bonds. The van der Waals surface area contributed by atoms with Crippen molar-refractivity contribution in [2.24, 2.45) is 0 Å². The molecule has 0 aliphatic heterocycles. The molecule has 0 bridgehead atoms. The lowest BCUT2D eigenvalue weighted by atomic mass is 9.92. The molecule has 14 heavy (non-hydrogen) atoms. The molecule has 1 saturated carbocycles. The summed E-state index contributed by atoms with van der Waals surface area (Å²) in [6, 6.07) is 0. The Morgan fingerprint density at radius 2 is 0.857 bits per heavy atom. The summed E-state index contributed by atoms with van der Waals surface area (Å²) in [7, 11) is 0. The van der Waals surface area contributed by atoms with Gasteiger partial charge in [-0.3, -0.25) is 19.2 Å². The molecule has 1 rings (SSSR count). The van der Waals surface area contributed by atoms with Crippen LogP contribution in [-0.2, 0) is 19.2 Å². The second-order valence-corrected chi connectivity index (χ2v) is 2.21. The van der Waals surface area contributed by atoms with Gasteiger partial charge in [-0.2, -0.15) is 9.58 Å². The Balaban J connectivity index is 3.49. The quantitative estimate of drug-likeness (QED) is 0.240. The average Bonchev–Trinajstić information content (AvgIpc) is 2.17. The monoisotopic (exact) mass is 192 g/mol. The number of nitrogens with zero attached hydrogens (tertiary/aromatic N) is 4. The van der Waals surface area contributed by atoms with Crippen LogP contribution in [0.5, 0.6) is 0 Å². The maximum atomic E-state index is 10.9. The van der Waals surface area contributed by atoms with Crippen LogP contribution in [0.1, 0.15) is 0 Å². The molecule has 8 nitrogen and oxygen atoms in total. The van der Waals surface area contributed by atoms with E-state index in [-0.39, 0.29) is 0 Å². The summed E-state index contributed by atoms with van der Waals surface area (Å²) in [6.45, 7) is 0. The van der Waals surface area contributed by atoms with Gasteiger partial charge in [0.1, 0.15) is 0 Å². The van der Waals surface area contributed by atoms with Crippen LogP contribution in [0.2, 0.25) is 0 Å². The summed E-state index contributed by atoms with van der Waals surface area (Å²) in [5, 5.41) is 0. The van der Waals surface area contributed by atoms with Crippen molar-refractivity contribution in [3.8, 4) is 0 Å². The third-order valence-electron chi connectivity index (χ3n) is 1.47. The van der Waals surface area contributed by atoms with E-state index >= 15 is 0 Å². The van der Waals surface area contributed by atoms with Crippen LogP contribution in [0, 0.1) is 0 Å². The van der Waals surface area contributed by atoms with Crippen LogP contribution in [0.3, 0.4) is 0 Å². The van der Waals surface area contributed by atoms with Gasteiger partial charge in [-0.05, 0) is 0 Å². The molecule has 0 spiro atoms. The van der Waals surface area contributed by atoms with Crippen LogP contribution in [0.4, 0.5) is 0 Å². The van der Waals surface area contributed by atoms with Gasteiger partial charge in [0, 0.05) is 0 Å². The van der Waals surface area contributed by atoms with Gasteiger partial charge < -0.3 is 11.1 Å². The average molecular weight is 192 g/mol. The Hall–Kier alpha value is -2.56. The van der Waals surface area contributed by atoms with Crippen molar-refractivity contribution in [2.45, 2.75) is 0 Å². The SMILES string of the molecule is [N-]=[N+]=C1C(=O)C(=O)C(=[N+]=[N-])C(=O)C1=O. The molecule has 0 aromatic carbocycles. The molecule has 0 unspecified atom stereocenters. The number of Topliss-reactive ketones (excluding diaryl/α,β-unsaturated/α-hetero) is 4. The van der Waals surface area contributed by atoms with E-state index in [2.05, 4.69) is 9.58 Å². The minimum Gasteiger partial charge on any atom is -0.360 e. The number of carbonyl (C=O) groups excluding carboxylic acids is 4. The zero-order chi connectivity index (χ0) is 10.9. The topological polar surface area (TPSA) is 141 Å². The molecular weight excluding hydrogens is 192 g/mol. The summed E-state index contributed by atoms with van der Waals surface area (Å²) in [4.78, 5) is 47.9.